The normalized spacial score (nSPS) is 12.5. The molecular formula is C8H13N3O. The molecule has 0 saturated heterocycles. The van der Waals surface area contributed by atoms with Gasteiger partial charge in [0, 0.05) is 25.0 Å². The maximum atomic E-state index is 8.64. The van der Waals surface area contributed by atoms with E-state index in [4.69, 9.17) is 5.11 Å². The van der Waals surface area contributed by atoms with E-state index in [0.717, 1.165) is 12.2 Å². The Morgan fingerprint density at radius 2 is 2.42 bits per heavy atom. The van der Waals surface area contributed by atoms with Crippen molar-refractivity contribution in [2.75, 3.05) is 11.9 Å². The highest BCUT2D eigenvalue weighted by Gasteiger charge is 2.00. The summed E-state index contributed by atoms with van der Waals surface area (Å²) < 4.78 is 0. The number of aliphatic hydroxyl groups excluding tert-OH is 1. The van der Waals surface area contributed by atoms with Crippen LogP contribution in [0.1, 0.15) is 13.3 Å². The molecule has 0 spiro atoms. The zero-order valence-electron chi connectivity index (χ0n) is 7.07. The summed E-state index contributed by atoms with van der Waals surface area (Å²) in [6, 6.07) is 0.228. The van der Waals surface area contributed by atoms with Crippen molar-refractivity contribution in [2.45, 2.75) is 19.4 Å². The smallest absolute Gasteiger partial charge is 0.144 e. The minimum absolute atomic E-state index is 0.189. The summed E-state index contributed by atoms with van der Waals surface area (Å²) in [6.07, 6.45) is 5.64. The SMILES string of the molecule is C[C@H](CCO)Nc1cnccn1. The minimum atomic E-state index is 0.189. The molecule has 2 N–H and O–H groups in total. The van der Waals surface area contributed by atoms with Crippen LogP contribution in [-0.4, -0.2) is 27.7 Å². The van der Waals surface area contributed by atoms with Gasteiger partial charge in [0.15, 0.2) is 0 Å². The molecule has 0 aliphatic heterocycles. The summed E-state index contributed by atoms with van der Waals surface area (Å²) >= 11 is 0. The predicted octanol–water partition coefficient (Wildman–Crippen LogP) is 0.659. The van der Waals surface area contributed by atoms with Gasteiger partial charge in [0.05, 0.1) is 6.20 Å². The standard InChI is InChI=1S/C8H13N3O/c1-7(2-5-12)11-8-6-9-3-4-10-8/h3-4,6-7,12H,2,5H2,1H3,(H,10,11)/t7-/m1/s1. The van der Waals surface area contributed by atoms with Gasteiger partial charge in [-0.15, -0.1) is 0 Å². The molecule has 0 aliphatic rings. The Morgan fingerprint density at radius 1 is 1.58 bits per heavy atom. The molecular weight excluding hydrogens is 154 g/mol. The van der Waals surface area contributed by atoms with Crippen LogP contribution in [0.3, 0.4) is 0 Å². The summed E-state index contributed by atoms with van der Waals surface area (Å²) in [5, 5.41) is 11.7. The molecule has 1 aromatic rings. The van der Waals surface area contributed by atoms with Gasteiger partial charge in [0.2, 0.25) is 0 Å². The Hall–Kier alpha value is -1.16. The van der Waals surface area contributed by atoms with Crippen LogP contribution in [0.25, 0.3) is 0 Å². The van der Waals surface area contributed by atoms with Gasteiger partial charge in [-0.25, -0.2) is 4.98 Å². The first-order chi connectivity index (χ1) is 5.83. The van der Waals surface area contributed by atoms with E-state index in [2.05, 4.69) is 15.3 Å². The van der Waals surface area contributed by atoms with Gasteiger partial charge in [0.25, 0.3) is 0 Å². The van der Waals surface area contributed by atoms with Gasteiger partial charge in [0.1, 0.15) is 5.82 Å². The van der Waals surface area contributed by atoms with Crippen LogP contribution < -0.4 is 5.32 Å². The van der Waals surface area contributed by atoms with Crippen molar-refractivity contribution in [2.24, 2.45) is 0 Å². The van der Waals surface area contributed by atoms with E-state index in [1.165, 1.54) is 0 Å². The fraction of sp³-hybridized carbons (Fsp3) is 0.500. The number of anilines is 1. The van der Waals surface area contributed by atoms with E-state index >= 15 is 0 Å². The van der Waals surface area contributed by atoms with Crippen molar-refractivity contribution in [3.63, 3.8) is 0 Å². The number of nitrogens with one attached hydrogen (secondary N) is 1. The lowest BCUT2D eigenvalue weighted by Crippen LogP contribution is -2.17. The van der Waals surface area contributed by atoms with E-state index in [0.29, 0.717) is 0 Å². The van der Waals surface area contributed by atoms with Gasteiger partial charge in [-0.2, -0.15) is 0 Å². The second-order valence-electron chi connectivity index (χ2n) is 2.65. The van der Waals surface area contributed by atoms with Crippen LogP contribution in [0.15, 0.2) is 18.6 Å². The number of aromatic nitrogens is 2. The molecule has 0 saturated carbocycles. The number of hydrogen-bond acceptors (Lipinski definition) is 4. The lowest BCUT2D eigenvalue weighted by Gasteiger charge is -2.11. The predicted molar refractivity (Wildman–Crippen MR) is 46.8 cm³/mol. The van der Waals surface area contributed by atoms with Crippen molar-refractivity contribution < 1.29 is 5.11 Å². The molecule has 66 valence electrons. The molecule has 1 atom stereocenters. The lowest BCUT2D eigenvalue weighted by molar-refractivity contribution is 0.282. The molecule has 1 heterocycles. The second kappa shape index (κ2) is 4.66. The van der Waals surface area contributed by atoms with Gasteiger partial charge in [-0.05, 0) is 13.3 Å². The maximum Gasteiger partial charge on any atom is 0.144 e. The van der Waals surface area contributed by atoms with E-state index in [1.54, 1.807) is 18.6 Å². The third kappa shape index (κ3) is 2.84. The molecule has 12 heavy (non-hydrogen) atoms. The van der Waals surface area contributed by atoms with E-state index in [9.17, 15) is 0 Å². The van der Waals surface area contributed by atoms with Crippen LogP contribution in [0.5, 0.6) is 0 Å². The number of rotatable bonds is 4. The molecule has 0 aromatic carbocycles. The minimum Gasteiger partial charge on any atom is -0.396 e. The summed E-state index contributed by atoms with van der Waals surface area (Å²) in [5.41, 5.74) is 0. The Morgan fingerprint density at radius 3 is 3.00 bits per heavy atom. The molecule has 0 aliphatic carbocycles. The molecule has 0 fully saturated rings. The summed E-state index contributed by atoms with van der Waals surface area (Å²) in [4.78, 5) is 7.96. The topological polar surface area (TPSA) is 58.0 Å². The number of hydrogen-bond donors (Lipinski definition) is 2. The summed E-state index contributed by atoms with van der Waals surface area (Å²) in [5.74, 6) is 0.749. The zero-order chi connectivity index (χ0) is 8.81. The van der Waals surface area contributed by atoms with Crippen molar-refractivity contribution in [1.82, 2.24) is 9.97 Å². The van der Waals surface area contributed by atoms with E-state index < -0.39 is 0 Å². The molecule has 4 nitrogen and oxygen atoms in total. The van der Waals surface area contributed by atoms with Gasteiger partial charge in [-0.3, -0.25) is 4.98 Å². The highest BCUT2D eigenvalue weighted by atomic mass is 16.3. The van der Waals surface area contributed by atoms with Crippen molar-refractivity contribution in [1.29, 1.82) is 0 Å². The Labute approximate surface area is 71.7 Å². The third-order valence-corrected chi connectivity index (χ3v) is 1.52. The van der Waals surface area contributed by atoms with E-state index in [1.807, 2.05) is 6.92 Å². The lowest BCUT2D eigenvalue weighted by atomic mass is 10.2. The molecule has 1 rings (SSSR count). The molecule has 0 bridgehead atoms. The van der Waals surface area contributed by atoms with Crippen LogP contribution in [0, 0.1) is 0 Å². The average molecular weight is 167 g/mol. The first-order valence-electron chi connectivity index (χ1n) is 3.96. The first-order valence-corrected chi connectivity index (χ1v) is 3.96. The Bertz CT molecular complexity index is 215. The highest BCUT2D eigenvalue weighted by Crippen LogP contribution is 2.02. The van der Waals surface area contributed by atoms with Crippen molar-refractivity contribution >= 4 is 5.82 Å². The molecule has 1 aromatic heterocycles. The molecule has 0 radical (unpaired) electrons. The van der Waals surface area contributed by atoms with Crippen molar-refractivity contribution in [3.8, 4) is 0 Å². The van der Waals surface area contributed by atoms with Gasteiger partial charge in [-0.1, -0.05) is 0 Å². The average Bonchev–Trinajstić information content (AvgIpc) is 2.06. The quantitative estimate of drug-likeness (QED) is 0.691. The highest BCUT2D eigenvalue weighted by molar-refractivity contribution is 5.30. The Balaban J connectivity index is 2.41. The fourth-order valence-electron chi connectivity index (χ4n) is 0.892. The number of aliphatic hydroxyl groups is 1. The largest absolute Gasteiger partial charge is 0.396 e. The van der Waals surface area contributed by atoms with Gasteiger partial charge < -0.3 is 10.4 Å². The third-order valence-electron chi connectivity index (χ3n) is 1.52. The monoisotopic (exact) mass is 167 g/mol. The van der Waals surface area contributed by atoms with Crippen molar-refractivity contribution in [3.05, 3.63) is 18.6 Å². The molecule has 0 amide bonds. The van der Waals surface area contributed by atoms with Crippen LogP contribution >= 0.6 is 0 Å². The van der Waals surface area contributed by atoms with Crippen LogP contribution in [0.4, 0.5) is 5.82 Å². The van der Waals surface area contributed by atoms with Crippen LogP contribution in [-0.2, 0) is 0 Å². The number of nitrogens with zero attached hydrogens (tertiary/aromatic N) is 2. The van der Waals surface area contributed by atoms with E-state index in [-0.39, 0.29) is 12.6 Å². The summed E-state index contributed by atoms with van der Waals surface area (Å²) in [6.45, 7) is 2.18. The summed E-state index contributed by atoms with van der Waals surface area (Å²) in [7, 11) is 0. The molecule has 0 unspecified atom stereocenters. The fourth-order valence-corrected chi connectivity index (χ4v) is 0.892. The van der Waals surface area contributed by atoms with Crippen LogP contribution in [0.2, 0.25) is 0 Å². The first kappa shape index (κ1) is 8.93. The second-order valence-corrected chi connectivity index (χ2v) is 2.65. The maximum absolute atomic E-state index is 8.64. The molecule has 4 heteroatoms. The Kier molecular flexibility index (Phi) is 3.47. The zero-order valence-corrected chi connectivity index (χ0v) is 7.07. The van der Waals surface area contributed by atoms with Gasteiger partial charge >= 0.3 is 0 Å².